The summed E-state index contributed by atoms with van der Waals surface area (Å²) in [5.41, 5.74) is 5.72. The predicted molar refractivity (Wildman–Crippen MR) is 64.0 cm³/mol. The van der Waals surface area contributed by atoms with Crippen LogP contribution in [0.3, 0.4) is 0 Å². The average molecular weight is 229 g/mol. The molecule has 0 fully saturated rings. The SMILES string of the molecule is Cc1ccc(C(CN)SC(C)CCO)o1. The van der Waals surface area contributed by atoms with E-state index < -0.39 is 0 Å². The molecule has 1 aromatic rings. The number of aryl methyl sites for hydroxylation is 1. The zero-order chi connectivity index (χ0) is 11.3. The average Bonchev–Trinajstić information content (AvgIpc) is 2.61. The quantitative estimate of drug-likeness (QED) is 0.784. The van der Waals surface area contributed by atoms with Crippen LogP contribution in [0.25, 0.3) is 0 Å². The maximum absolute atomic E-state index is 8.83. The summed E-state index contributed by atoms with van der Waals surface area (Å²) < 4.78 is 5.55. The standard InChI is InChI=1S/C11H19NO2S/c1-8-3-4-10(14-8)11(7-12)15-9(2)5-6-13/h3-4,9,11,13H,5-7,12H2,1-2H3. The largest absolute Gasteiger partial charge is 0.465 e. The monoisotopic (exact) mass is 229 g/mol. The van der Waals surface area contributed by atoms with Crippen LogP contribution in [0, 0.1) is 6.92 Å². The van der Waals surface area contributed by atoms with Crippen LogP contribution in [0.5, 0.6) is 0 Å². The van der Waals surface area contributed by atoms with Gasteiger partial charge < -0.3 is 15.3 Å². The highest BCUT2D eigenvalue weighted by molar-refractivity contribution is 8.00. The van der Waals surface area contributed by atoms with Gasteiger partial charge in [-0.3, -0.25) is 0 Å². The van der Waals surface area contributed by atoms with E-state index in [1.54, 1.807) is 11.8 Å². The Kier molecular flexibility index (Phi) is 5.22. The topological polar surface area (TPSA) is 59.4 Å². The van der Waals surface area contributed by atoms with E-state index in [-0.39, 0.29) is 11.9 Å². The lowest BCUT2D eigenvalue weighted by Crippen LogP contribution is -2.12. The summed E-state index contributed by atoms with van der Waals surface area (Å²) in [4.78, 5) is 0. The number of furan rings is 1. The van der Waals surface area contributed by atoms with Crippen LogP contribution in [0.15, 0.2) is 16.5 Å². The van der Waals surface area contributed by atoms with Gasteiger partial charge in [0.05, 0.1) is 5.25 Å². The van der Waals surface area contributed by atoms with Crippen molar-refractivity contribution >= 4 is 11.8 Å². The third-order valence-electron chi connectivity index (χ3n) is 2.22. The molecule has 86 valence electrons. The minimum Gasteiger partial charge on any atom is -0.465 e. The van der Waals surface area contributed by atoms with Gasteiger partial charge in [-0.1, -0.05) is 6.92 Å². The third kappa shape index (κ3) is 3.89. The molecule has 2 unspecified atom stereocenters. The number of hydrogen-bond donors (Lipinski definition) is 2. The second kappa shape index (κ2) is 6.20. The van der Waals surface area contributed by atoms with Gasteiger partial charge in [-0.2, -0.15) is 0 Å². The number of thioether (sulfide) groups is 1. The molecule has 4 heteroatoms. The highest BCUT2D eigenvalue weighted by Crippen LogP contribution is 2.33. The highest BCUT2D eigenvalue weighted by atomic mass is 32.2. The Hall–Kier alpha value is -0.450. The Morgan fingerprint density at radius 3 is 2.73 bits per heavy atom. The Labute approximate surface area is 95.0 Å². The van der Waals surface area contributed by atoms with Gasteiger partial charge in [-0.05, 0) is 25.5 Å². The molecule has 3 nitrogen and oxygen atoms in total. The van der Waals surface area contributed by atoms with Crippen LogP contribution in [0.4, 0.5) is 0 Å². The van der Waals surface area contributed by atoms with Gasteiger partial charge in [0.25, 0.3) is 0 Å². The molecular weight excluding hydrogens is 210 g/mol. The third-order valence-corrected chi connectivity index (χ3v) is 3.68. The molecule has 0 saturated carbocycles. The van der Waals surface area contributed by atoms with E-state index in [4.69, 9.17) is 15.3 Å². The maximum Gasteiger partial charge on any atom is 0.118 e. The van der Waals surface area contributed by atoms with E-state index in [1.807, 2.05) is 19.1 Å². The van der Waals surface area contributed by atoms with E-state index >= 15 is 0 Å². The first-order chi connectivity index (χ1) is 7.17. The lowest BCUT2D eigenvalue weighted by Gasteiger charge is -2.16. The van der Waals surface area contributed by atoms with Crippen molar-refractivity contribution in [3.8, 4) is 0 Å². The van der Waals surface area contributed by atoms with Crippen LogP contribution < -0.4 is 5.73 Å². The van der Waals surface area contributed by atoms with Crippen molar-refractivity contribution in [1.82, 2.24) is 0 Å². The molecular formula is C11H19NO2S. The number of aliphatic hydroxyl groups excluding tert-OH is 1. The van der Waals surface area contributed by atoms with Crippen molar-refractivity contribution in [1.29, 1.82) is 0 Å². The summed E-state index contributed by atoms with van der Waals surface area (Å²) in [5, 5.41) is 9.42. The highest BCUT2D eigenvalue weighted by Gasteiger charge is 2.17. The van der Waals surface area contributed by atoms with E-state index in [0.717, 1.165) is 17.9 Å². The molecule has 0 aliphatic carbocycles. The minimum atomic E-state index is 0.195. The van der Waals surface area contributed by atoms with Crippen molar-refractivity contribution in [2.75, 3.05) is 13.2 Å². The van der Waals surface area contributed by atoms with Gasteiger partial charge in [0.15, 0.2) is 0 Å². The molecule has 0 aromatic carbocycles. The zero-order valence-electron chi connectivity index (χ0n) is 9.27. The summed E-state index contributed by atoms with van der Waals surface area (Å²) in [7, 11) is 0. The molecule has 0 radical (unpaired) electrons. The molecule has 2 atom stereocenters. The molecule has 0 spiro atoms. The fourth-order valence-electron chi connectivity index (χ4n) is 1.40. The molecule has 0 amide bonds. The first kappa shape index (κ1) is 12.6. The summed E-state index contributed by atoms with van der Waals surface area (Å²) in [5.74, 6) is 1.85. The fraction of sp³-hybridized carbons (Fsp3) is 0.636. The van der Waals surface area contributed by atoms with Gasteiger partial charge in [0, 0.05) is 18.4 Å². The van der Waals surface area contributed by atoms with E-state index in [2.05, 4.69) is 6.92 Å². The van der Waals surface area contributed by atoms with Crippen LogP contribution >= 0.6 is 11.8 Å². The molecule has 0 saturated heterocycles. The molecule has 1 heterocycles. The summed E-state index contributed by atoms with van der Waals surface area (Å²) in [6.07, 6.45) is 0.793. The van der Waals surface area contributed by atoms with Crippen molar-refractivity contribution < 1.29 is 9.52 Å². The number of rotatable bonds is 6. The molecule has 0 bridgehead atoms. The number of aliphatic hydroxyl groups is 1. The lowest BCUT2D eigenvalue weighted by molar-refractivity contribution is 0.288. The summed E-state index contributed by atoms with van der Waals surface area (Å²) in [6, 6.07) is 3.93. The van der Waals surface area contributed by atoms with Gasteiger partial charge in [-0.25, -0.2) is 0 Å². The smallest absolute Gasteiger partial charge is 0.118 e. The Morgan fingerprint density at radius 2 is 2.27 bits per heavy atom. The molecule has 3 N–H and O–H groups in total. The molecule has 0 aliphatic heterocycles. The maximum atomic E-state index is 8.83. The Balaban J connectivity index is 2.56. The summed E-state index contributed by atoms with van der Waals surface area (Å²) in [6.45, 7) is 4.81. The van der Waals surface area contributed by atoms with Gasteiger partial charge in [-0.15, -0.1) is 11.8 Å². The fourth-order valence-corrected chi connectivity index (χ4v) is 2.57. The van der Waals surface area contributed by atoms with Crippen molar-refractivity contribution in [2.24, 2.45) is 5.73 Å². The van der Waals surface area contributed by atoms with Crippen LogP contribution in [-0.2, 0) is 0 Å². The number of nitrogens with two attached hydrogens (primary N) is 1. The molecule has 15 heavy (non-hydrogen) atoms. The van der Waals surface area contributed by atoms with Gasteiger partial charge >= 0.3 is 0 Å². The minimum absolute atomic E-state index is 0.195. The predicted octanol–water partition coefficient (Wildman–Crippen LogP) is 2.09. The molecule has 1 rings (SSSR count). The van der Waals surface area contributed by atoms with E-state index in [1.165, 1.54) is 0 Å². The molecule has 1 aromatic heterocycles. The van der Waals surface area contributed by atoms with Crippen LogP contribution in [0.1, 0.15) is 30.1 Å². The summed E-state index contributed by atoms with van der Waals surface area (Å²) >= 11 is 1.76. The van der Waals surface area contributed by atoms with E-state index in [9.17, 15) is 0 Å². The zero-order valence-corrected chi connectivity index (χ0v) is 10.1. The van der Waals surface area contributed by atoms with E-state index in [0.29, 0.717) is 11.8 Å². The number of hydrogen-bond acceptors (Lipinski definition) is 4. The lowest BCUT2D eigenvalue weighted by atomic mass is 10.3. The normalized spacial score (nSPS) is 15.2. The molecule has 0 aliphatic rings. The van der Waals surface area contributed by atoms with Gasteiger partial charge in [0.2, 0.25) is 0 Å². The van der Waals surface area contributed by atoms with Crippen LogP contribution in [0.2, 0.25) is 0 Å². The second-order valence-electron chi connectivity index (χ2n) is 3.63. The van der Waals surface area contributed by atoms with Crippen molar-refractivity contribution in [2.45, 2.75) is 30.8 Å². The Bertz CT molecular complexity index is 288. The first-order valence-corrected chi connectivity index (χ1v) is 6.14. The van der Waals surface area contributed by atoms with Crippen molar-refractivity contribution in [3.63, 3.8) is 0 Å². The van der Waals surface area contributed by atoms with Crippen molar-refractivity contribution in [3.05, 3.63) is 23.7 Å². The second-order valence-corrected chi connectivity index (χ2v) is 5.28. The van der Waals surface area contributed by atoms with Gasteiger partial charge in [0.1, 0.15) is 11.5 Å². The van der Waals surface area contributed by atoms with Crippen LogP contribution in [-0.4, -0.2) is 23.5 Å². The Morgan fingerprint density at radius 1 is 1.53 bits per heavy atom. The first-order valence-electron chi connectivity index (χ1n) is 5.20.